The van der Waals surface area contributed by atoms with Crippen LogP contribution < -0.4 is 5.32 Å². The zero-order valence-electron chi connectivity index (χ0n) is 16.6. The second-order valence-corrected chi connectivity index (χ2v) is 8.51. The number of rotatable bonds is 5. The van der Waals surface area contributed by atoms with Crippen LogP contribution in [0.1, 0.15) is 53.6 Å². The first kappa shape index (κ1) is 19.7. The van der Waals surface area contributed by atoms with Gasteiger partial charge in [-0.05, 0) is 39.2 Å². The van der Waals surface area contributed by atoms with Crippen LogP contribution in [0.2, 0.25) is 0 Å². The molecule has 0 saturated carbocycles. The largest absolute Gasteiger partial charge is 0.337 e. The van der Waals surface area contributed by atoms with E-state index >= 15 is 0 Å². The third-order valence-electron chi connectivity index (χ3n) is 5.39. The maximum absolute atomic E-state index is 12.5. The third kappa shape index (κ3) is 4.71. The van der Waals surface area contributed by atoms with Crippen molar-refractivity contribution in [3.8, 4) is 6.07 Å². The lowest BCUT2D eigenvalue weighted by atomic mass is 9.97. The van der Waals surface area contributed by atoms with E-state index in [1.54, 1.807) is 5.38 Å². The first-order chi connectivity index (χ1) is 14.1. The minimum Gasteiger partial charge on any atom is -0.337 e. The Bertz CT molecular complexity index is 916. The standard InChI is InChI=1S/C20H25N7OS/c1-14-11-17(24-18(22-14)15-5-4-7-26(12-15)10-6-21)25-20-23-16(13-29-20)19(28)27-8-2-3-9-27/h11,13,15H,2-5,7-10,12H2,1H3,(H,22,23,24,25)/t15-/m0/s1. The predicted octanol–water partition coefficient (Wildman–Crippen LogP) is 2.92. The monoisotopic (exact) mass is 411 g/mol. The summed E-state index contributed by atoms with van der Waals surface area (Å²) < 4.78 is 0. The Hall–Kier alpha value is -2.57. The van der Waals surface area contributed by atoms with Gasteiger partial charge in [0, 0.05) is 42.7 Å². The molecule has 2 aromatic rings. The molecule has 8 nitrogen and oxygen atoms in total. The van der Waals surface area contributed by atoms with Crippen molar-refractivity contribution in [1.29, 1.82) is 5.26 Å². The summed E-state index contributed by atoms with van der Waals surface area (Å²) in [5, 5.41) is 14.7. The highest BCUT2D eigenvalue weighted by Crippen LogP contribution is 2.27. The molecule has 0 aromatic carbocycles. The van der Waals surface area contributed by atoms with Crippen LogP contribution >= 0.6 is 11.3 Å². The van der Waals surface area contributed by atoms with Gasteiger partial charge in [0.05, 0.1) is 12.6 Å². The Balaban J connectivity index is 1.47. The van der Waals surface area contributed by atoms with Gasteiger partial charge >= 0.3 is 0 Å². The van der Waals surface area contributed by atoms with Crippen LogP contribution in [0.25, 0.3) is 0 Å². The predicted molar refractivity (Wildman–Crippen MR) is 111 cm³/mol. The molecule has 1 N–H and O–H groups in total. The Kier molecular flexibility index (Phi) is 6.02. The lowest BCUT2D eigenvalue weighted by Gasteiger charge is -2.30. The molecule has 2 aliphatic rings. The highest BCUT2D eigenvalue weighted by Gasteiger charge is 2.24. The molecule has 0 aliphatic carbocycles. The van der Waals surface area contributed by atoms with Crippen molar-refractivity contribution in [3.05, 3.63) is 28.7 Å². The molecule has 9 heteroatoms. The zero-order chi connectivity index (χ0) is 20.2. The summed E-state index contributed by atoms with van der Waals surface area (Å²) in [5.41, 5.74) is 1.38. The topological polar surface area (TPSA) is 98.0 Å². The maximum atomic E-state index is 12.5. The average molecular weight is 412 g/mol. The molecule has 2 saturated heterocycles. The van der Waals surface area contributed by atoms with Crippen LogP contribution in [-0.2, 0) is 0 Å². The van der Waals surface area contributed by atoms with E-state index in [0.29, 0.717) is 23.2 Å². The first-order valence-electron chi connectivity index (χ1n) is 10.1. The van der Waals surface area contributed by atoms with Crippen molar-refractivity contribution >= 4 is 28.2 Å². The van der Waals surface area contributed by atoms with Gasteiger partial charge in [-0.1, -0.05) is 0 Å². The van der Waals surface area contributed by atoms with Crippen molar-refractivity contribution in [3.63, 3.8) is 0 Å². The molecular weight excluding hydrogens is 386 g/mol. The van der Waals surface area contributed by atoms with E-state index < -0.39 is 0 Å². The number of carbonyl (C=O) groups is 1. The summed E-state index contributed by atoms with van der Waals surface area (Å²) in [6.45, 7) is 5.79. The maximum Gasteiger partial charge on any atom is 0.273 e. The smallest absolute Gasteiger partial charge is 0.273 e. The van der Waals surface area contributed by atoms with Gasteiger partial charge in [0.15, 0.2) is 5.13 Å². The average Bonchev–Trinajstić information content (AvgIpc) is 3.40. The van der Waals surface area contributed by atoms with E-state index in [1.807, 2.05) is 17.9 Å². The molecule has 0 unspecified atom stereocenters. The molecule has 1 atom stereocenters. The molecule has 1 amide bonds. The molecule has 0 radical (unpaired) electrons. The fraction of sp³-hybridized carbons (Fsp3) is 0.550. The number of nitrogens with zero attached hydrogens (tertiary/aromatic N) is 6. The van der Waals surface area contributed by atoms with Gasteiger partial charge in [0.25, 0.3) is 5.91 Å². The number of nitriles is 1. The first-order valence-corrected chi connectivity index (χ1v) is 11.0. The summed E-state index contributed by atoms with van der Waals surface area (Å²) in [4.78, 5) is 30.3. The third-order valence-corrected chi connectivity index (χ3v) is 6.15. The van der Waals surface area contributed by atoms with Crippen molar-refractivity contribution in [2.24, 2.45) is 0 Å². The van der Waals surface area contributed by atoms with Crippen LogP contribution in [0.4, 0.5) is 10.9 Å². The van der Waals surface area contributed by atoms with E-state index in [9.17, 15) is 4.79 Å². The van der Waals surface area contributed by atoms with Crippen LogP contribution in [0.3, 0.4) is 0 Å². The van der Waals surface area contributed by atoms with Crippen molar-refractivity contribution < 1.29 is 4.79 Å². The number of thiazole rings is 1. The summed E-state index contributed by atoms with van der Waals surface area (Å²) in [5.74, 6) is 1.73. The van der Waals surface area contributed by atoms with E-state index in [0.717, 1.165) is 63.4 Å². The van der Waals surface area contributed by atoms with Crippen LogP contribution in [-0.4, -0.2) is 63.4 Å². The second kappa shape index (κ2) is 8.84. The van der Waals surface area contributed by atoms with Gasteiger partial charge in [0.1, 0.15) is 17.3 Å². The molecule has 29 heavy (non-hydrogen) atoms. The molecular formula is C20H25N7OS. The summed E-state index contributed by atoms with van der Waals surface area (Å²) in [6, 6.07) is 4.12. The minimum atomic E-state index is 0.00569. The normalized spacial score (nSPS) is 19.9. The van der Waals surface area contributed by atoms with Crippen LogP contribution in [0.15, 0.2) is 11.4 Å². The number of anilines is 2. The lowest BCUT2D eigenvalue weighted by molar-refractivity contribution is 0.0788. The van der Waals surface area contributed by atoms with Gasteiger partial charge in [-0.2, -0.15) is 5.26 Å². The van der Waals surface area contributed by atoms with Gasteiger partial charge in [-0.3, -0.25) is 9.69 Å². The Morgan fingerprint density at radius 3 is 2.90 bits per heavy atom. The van der Waals surface area contributed by atoms with Crippen molar-refractivity contribution in [1.82, 2.24) is 24.8 Å². The fourth-order valence-electron chi connectivity index (χ4n) is 3.97. The molecule has 0 bridgehead atoms. The van der Waals surface area contributed by atoms with Gasteiger partial charge in [-0.15, -0.1) is 11.3 Å². The van der Waals surface area contributed by atoms with E-state index in [1.165, 1.54) is 11.3 Å². The quantitative estimate of drug-likeness (QED) is 0.755. The number of aryl methyl sites for hydroxylation is 1. The van der Waals surface area contributed by atoms with E-state index in [-0.39, 0.29) is 11.8 Å². The van der Waals surface area contributed by atoms with Crippen LogP contribution in [0.5, 0.6) is 0 Å². The molecule has 2 aliphatic heterocycles. The fourth-order valence-corrected chi connectivity index (χ4v) is 4.66. The van der Waals surface area contributed by atoms with E-state index in [2.05, 4.69) is 26.3 Å². The molecule has 4 rings (SSSR count). The van der Waals surface area contributed by atoms with E-state index in [4.69, 9.17) is 10.2 Å². The number of amides is 1. The van der Waals surface area contributed by atoms with Gasteiger partial charge in [0.2, 0.25) is 0 Å². The highest BCUT2D eigenvalue weighted by atomic mass is 32.1. The lowest BCUT2D eigenvalue weighted by Crippen LogP contribution is -2.35. The second-order valence-electron chi connectivity index (χ2n) is 7.65. The Labute approximate surface area is 174 Å². The summed E-state index contributed by atoms with van der Waals surface area (Å²) in [7, 11) is 0. The molecule has 2 aromatic heterocycles. The number of likely N-dealkylation sites (tertiary alicyclic amines) is 2. The Morgan fingerprint density at radius 2 is 2.10 bits per heavy atom. The van der Waals surface area contributed by atoms with Gasteiger partial charge < -0.3 is 10.2 Å². The minimum absolute atomic E-state index is 0.00569. The number of nitrogens with one attached hydrogen (secondary N) is 1. The SMILES string of the molecule is Cc1cc(Nc2nc(C(=O)N3CCCC3)cs2)nc([C@H]2CCCN(CC#N)C2)n1. The number of piperidine rings is 1. The number of hydrogen-bond acceptors (Lipinski definition) is 8. The summed E-state index contributed by atoms with van der Waals surface area (Å²) in [6.07, 6.45) is 4.20. The number of carbonyl (C=O) groups excluding carboxylic acids is 1. The number of hydrogen-bond donors (Lipinski definition) is 1. The van der Waals surface area contributed by atoms with Crippen molar-refractivity contribution in [2.75, 3.05) is 38.0 Å². The molecule has 4 heterocycles. The molecule has 2 fully saturated rings. The number of aromatic nitrogens is 3. The molecule has 0 spiro atoms. The van der Waals surface area contributed by atoms with Gasteiger partial charge in [-0.25, -0.2) is 15.0 Å². The summed E-state index contributed by atoms with van der Waals surface area (Å²) >= 11 is 1.41. The van der Waals surface area contributed by atoms with Crippen molar-refractivity contribution in [2.45, 2.75) is 38.5 Å². The van der Waals surface area contributed by atoms with Crippen LogP contribution in [0, 0.1) is 18.3 Å². The zero-order valence-corrected chi connectivity index (χ0v) is 17.4. The highest BCUT2D eigenvalue weighted by molar-refractivity contribution is 7.14. The molecule has 152 valence electrons. The Morgan fingerprint density at radius 1 is 1.28 bits per heavy atom.